The Kier molecular flexibility index (Phi) is 12.4. The van der Waals surface area contributed by atoms with E-state index in [2.05, 4.69) is 216 Å². The van der Waals surface area contributed by atoms with Crippen LogP contribution in [0.1, 0.15) is 0 Å². The topological polar surface area (TPSA) is 51.6 Å². The van der Waals surface area contributed by atoms with Crippen LogP contribution in [-0.2, 0) is 0 Å². The first-order valence-corrected chi connectivity index (χ1v) is 25.0. The number of pyridine rings is 4. The minimum Gasteiger partial charge on any atom is -0.256 e. The van der Waals surface area contributed by atoms with E-state index in [4.69, 9.17) is 19.9 Å². The monoisotopic (exact) mass is 994 g/mol. The second kappa shape index (κ2) is 20.2. The molecular formula is C68H43BrN4. The average Bonchev–Trinajstić information content (AvgIpc) is 3.48. The summed E-state index contributed by atoms with van der Waals surface area (Å²) >= 11 is 3.70. The van der Waals surface area contributed by atoms with Crippen LogP contribution in [0, 0.1) is 12.1 Å². The van der Waals surface area contributed by atoms with Gasteiger partial charge in [0.05, 0.1) is 22.8 Å². The molecule has 342 valence electrons. The van der Waals surface area contributed by atoms with Gasteiger partial charge in [0.15, 0.2) is 0 Å². The van der Waals surface area contributed by atoms with E-state index in [-0.39, 0.29) is 0 Å². The van der Waals surface area contributed by atoms with E-state index in [1.54, 1.807) is 0 Å². The first kappa shape index (κ1) is 44.8. The second-order valence-electron chi connectivity index (χ2n) is 17.8. The van der Waals surface area contributed by atoms with Crippen molar-refractivity contribution in [1.82, 2.24) is 19.9 Å². The lowest BCUT2D eigenvalue weighted by atomic mass is 9.86. The van der Waals surface area contributed by atoms with Crippen LogP contribution in [0.3, 0.4) is 0 Å². The summed E-state index contributed by atoms with van der Waals surface area (Å²) in [5.41, 5.74) is 23.0. The van der Waals surface area contributed by atoms with Gasteiger partial charge in [0.1, 0.15) is 0 Å². The molecule has 0 N–H and O–H groups in total. The van der Waals surface area contributed by atoms with Gasteiger partial charge in [0.2, 0.25) is 0 Å². The van der Waals surface area contributed by atoms with E-state index in [1.807, 2.05) is 73.3 Å². The molecule has 0 saturated heterocycles. The molecule has 12 rings (SSSR count). The molecular weight excluding hydrogens is 953 g/mol. The fourth-order valence-electron chi connectivity index (χ4n) is 9.60. The summed E-state index contributed by atoms with van der Waals surface area (Å²) in [5, 5.41) is 0. The second-order valence-corrected chi connectivity index (χ2v) is 18.7. The molecule has 0 aliphatic rings. The standard InChI is InChI=1S/C68H43BrN4/c69-64-26-14-13-25-63(64)46-27-29-49(30-28-46)68-42-50(37-38-70-68)67-36-33-53(45-73-67)59-21-9-12-24-62(59)56-40-54(60-22-10-7-19-57(60)51-31-34-65(71-43-51)47-15-3-1-4-16-47)39-55(41-56)61-23-11-8-20-58(61)52-32-35-66(72-44-52)48-17-5-2-6-18-48/h1,3-5,7-45H. The maximum Gasteiger partial charge on any atom is 0.0709 e. The zero-order chi connectivity index (χ0) is 48.9. The van der Waals surface area contributed by atoms with Crippen molar-refractivity contribution in [3.8, 4) is 123 Å². The van der Waals surface area contributed by atoms with Crippen LogP contribution in [-0.4, -0.2) is 19.9 Å². The zero-order valence-corrected chi connectivity index (χ0v) is 41.1. The van der Waals surface area contributed by atoms with Crippen LogP contribution in [0.15, 0.2) is 266 Å². The Morgan fingerprint density at radius 1 is 0.260 bits per heavy atom. The fraction of sp³-hybridized carbons (Fsp3) is 0. The van der Waals surface area contributed by atoms with Gasteiger partial charge in [-0.3, -0.25) is 19.9 Å². The lowest BCUT2D eigenvalue weighted by Crippen LogP contribution is -1.93. The van der Waals surface area contributed by atoms with Gasteiger partial charge >= 0.3 is 0 Å². The Labute approximate surface area is 434 Å². The van der Waals surface area contributed by atoms with Gasteiger partial charge in [0, 0.05) is 68.2 Å². The van der Waals surface area contributed by atoms with Crippen molar-refractivity contribution in [3.63, 3.8) is 0 Å². The van der Waals surface area contributed by atoms with Crippen molar-refractivity contribution in [2.45, 2.75) is 0 Å². The molecule has 0 unspecified atom stereocenters. The third-order valence-corrected chi connectivity index (χ3v) is 14.0. The quantitative estimate of drug-likeness (QED) is 0.130. The highest BCUT2D eigenvalue weighted by atomic mass is 79.9. The number of nitrogens with zero attached hydrogens (tertiary/aromatic N) is 4. The van der Waals surface area contributed by atoms with Gasteiger partial charge in [-0.05, 0) is 134 Å². The van der Waals surface area contributed by atoms with E-state index in [9.17, 15) is 0 Å². The molecule has 0 bridgehead atoms. The number of benzene rings is 7. The highest BCUT2D eigenvalue weighted by Crippen LogP contribution is 2.43. The van der Waals surface area contributed by atoms with Gasteiger partial charge in [-0.15, -0.1) is 0 Å². The molecule has 0 amide bonds. The zero-order valence-electron chi connectivity index (χ0n) is 39.5. The molecule has 5 heteroatoms. The molecule has 0 atom stereocenters. The van der Waals surface area contributed by atoms with Crippen LogP contribution >= 0.6 is 15.9 Å². The molecule has 0 spiro atoms. The van der Waals surface area contributed by atoms with Gasteiger partial charge in [-0.2, -0.15) is 0 Å². The van der Waals surface area contributed by atoms with Gasteiger partial charge in [0.25, 0.3) is 0 Å². The maximum atomic E-state index is 5.08. The highest BCUT2D eigenvalue weighted by Gasteiger charge is 2.17. The number of hydrogen-bond donors (Lipinski definition) is 0. The molecule has 73 heavy (non-hydrogen) atoms. The van der Waals surface area contributed by atoms with Crippen LogP contribution in [0.2, 0.25) is 0 Å². The summed E-state index contributed by atoms with van der Waals surface area (Å²) in [5.74, 6) is 0. The van der Waals surface area contributed by atoms with Crippen LogP contribution in [0.5, 0.6) is 0 Å². The first-order chi connectivity index (χ1) is 36.1. The predicted octanol–water partition coefficient (Wildman–Crippen LogP) is 18.0. The lowest BCUT2D eigenvalue weighted by molar-refractivity contribution is 1.29. The van der Waals surface area contributed by atoms with Crippen LogP contribution < -0.4 is 0 Å². The summed E-state index contributed by atoms with van der Waals surface area (Å²) in [6.07, 6.45) is 7.82. The van der Waals surface area contributed by atoms with Crippen molar-refractivity contribution >= 4 is 15.9 Å². The molecule has 4 heterocycles. The number of aromatic nitrogens is 4. The van der Waals surface area contributed by atoms with Gasteiger partial charge in [-0.1, -0.05) is 192 Å². The molecule has 12 aromatic rings. The largest absolute Gasteiger partial charge is 0.256 e. The van der Waals surface area contributed by atoms with Crippen molar-refractivity contribution in [2.75, 3.05) is 0 Å². The van der Waals surface area contributed by atoms with Gasteiger partial charge < -0.3 is 0 Å². The normalized spacial score (nSPS) is 11.0. The van der Waals surface area contributed by atoms with Crippen LogP contribution in [0.4, 0.5) is 0 Å². The Morgan fingerprint density at radius 2 is 0.671 bits per heavy atom. The highest BCUT2D eigenvalue weighted by molar-refractivity contribution is 9.10. The number of halogens is 1. The predicted molar refractivity (Wildman–Crippen MR) is 303 cm³/mol. The molecule has 8 aromatic carbocycles. The third kappa shape index (κ3) is 9.39. The summed E-state index contributed by atoms with van der Waals surface area (Å²) in [7, 11) is 0. The van der Waals surface area contributed by atoms with E-state index in [1.165, 1.54) is 0 Å². The van der Waals surface area contributed by atoms with Crippen LogP contribution in [0.25, 0.3) is 123 Å². The fourth-order valence-corrected chi connectivity index (χ4v) is 10.1. The molecule has 0 saturated carbocycles. The SMILES string of the molecule is Brc1ccccc1-c1ccc(-c2cc(-c3ccc(-c4ccccc4-c4cc(-c5ccccc5-c5ccc(-c6cc#ccc6)nc5)cc(-c5ccccc5-c5ccc(-c6ccccc6)nc5)c4)cn3)ccn2)cc1. The first-order valence-electron chi connectivity index (χ1n) is 24.2. The minimum absolute atomic E-state index is 0.877. The number of hydrogen-bond acceptors (Lipinski definition) is 4. The van der Waals surface area contributed by atoms with Gasteiger partial charge in [-0.25, -0.2) is 0 Å². The summed E-state index contributed by atoms with van der Waals surface area (Å²) in [6.45, 7) is 0. The summed E-state index contributed by atoms with van der Waals surface area (Å²) < 4.78 is 1.07. The lowest BCUT2D eigenvalue weighted by Gasteiger charge is -2.18. The Balaban J connectivity index is 0.930. The summed E-state index contributed by atoms with van der Waals surface area (Å²) in [6, 6.07) is 88.8. The van der Waals surface area contributed by atoms with E-state index in [0.29, 0.717) is 0 Å². The third-order valence-electron chi connectivity index (χ3n) is 13.3. The average molecular weight is 996 g/mol. The molecule has 4 aromatic heterocycles. The van der Waals surface area contributed by atoms with E-state index >= 15 is 0 Å². The molecule has 4 nitrogen and oxygen atoms in total. The van der Waals surface area contributed by atoms with Crippen molar-refractivity contribution in [3.05, 3.63) is 278 Å². The molecule has 0 aliphatic heterocycles. The Bertz CT molecular complexity index is 3730. The van der Waals surface area contributed by atoms with Crippen molar-refractivity contribution in [2.24, 2.45) is 0 Å². The Morgan fingerprint density at radius 3 is 1.14 bits per heavy atom. The molecule has 0 fully saturated rings. The smallest absolute Gasteiger partial charge is 0.0709 e. The maximum absolute atomic E-state index is 5.08. The van der Waals surface area contributed by atoms with E-state index in [0.717, 1.165) is 127 Å². The number of rotatable bonds is 11. The molecule has 0 radical (unpaired) electrons. The van der Waals surface area contributed by atoms with E-state index < -0.39 is 0 Å². The Hall–Kier alpha value is -9.34. The summed E-state index contributed by atoms with van der Waals surface area (Å²) in [4.78, 5) is 19.7. The van der Waals surface area contributed by atoms with Crippen molar-refractivity contribution in [1.29, 1.82) is 0 Å². The molecule has 0 aliphatic carbocycles. The minimum atomic E-state index is 0.877. The van der Waals surface area contributed by atoms with Crippen molar-refractivity contribution < 1.29 is 0 Å².